The molecule has 178 valence electrons. The van der Waals surface area contributed by atoms with Crippen molar-refractivity contribution in [2.24, 2.45) is 5.92 Å². The predicted molar refractivity (Wildman–Crippen MR) is 123 cm³/mol. The maximum absolute atomic E-state index is 13.7. The average molecular weight is 475 g/mol. The molecule has 0 spiro atoms. The van der Waals surface area contributed by atoms with Gasteiger partial charge in [-0.05, 0) is 43.4 Å². The van der Waals surface area contributed by atoms with Crippen molar-refractivity contribution in [1.29, 1.82) is 0 Å². The van der Waals surface area contributed by atoms with Crippen molar-refractivity contribution >= 4 is 23.3 Å². The van der Waals surface area contributed by atoms with Crippen LogP contribution in [-0.4, -0.2) is 79.5 Å². The molecule has 1 aromatic rings. The number of halogens is 1. The fourth-order valence-corrected chi connectivity index (χ4v) is 5.83. The molecule has 33 heavy (non-hydrogen) atoms. The summed E-state index contributed by atoms with van der Waals surface area (Å²) in [6, 6.07) is 7.18. The lowest BCUT2D eigenvalue weighted by molar-refractivity contribution is -0.135. The highest BCUT2D eigenvalue weighted by molar-refractivity contribution is 6.21. The molecule has 1 aliphatic carbocycles. The van der Waals surface area contributed by atoms with Gasteiger partial charge in [0.2, 0.25) is 0 Å². The number of carbonyl (C=O) groups excluding carboxylic acids is 2. The molecule has 2 fully saturated rings. The van der Waals surface area contributed by atoms with Crippen LogP contribution in [0.3, 0.4) is 0 Å². The van der Waals surface area contributed by atoms with Crippen molar-refractivity contribution < 1.29 is 23.8 Å². The zero-order valence-corrected chi connectivity index (χ0v) is 19.8. The van der Waals surface area contributed by atoms with E-state index in [2.05, 4.69) is 4.90 Å². The molecular weight excluding hydrogens is 444 g/mol. The van der Waals surface area contributed by atoms with Gasteiger partial charge in [-0.15, -0.1) is 11.6 Å². The van der Waals surface area contributed by atoms with Crippen LogP contribution in [0.25, 0.3) is 0 Å². The lowest BCUT2D eigenvalue weighted by atomic mass is 9.77. The first-order valence-corrected chi connectivity index (χ1v) is 12.3. The van der Waals surface area contributed by atoms with E-state index in [9.17, 15) is 9.59 Å². The van der Waals surface area contributed by atoms with Crippen molar-refractivity contribution in [1.82, 2.24) is 9.80 Å². The summed E-state index contributed by atoms with van der Waals surface area (Å²) in [6.07, 6.45) is 2.68. The third-order valence-electron chi connectivity index (χ3n) is 7.29. The van der Waals surface area contributed by atoms with E-state index in [0.717, 1.165) is 57.0 Å². The smallest absolute Gasteiger partial charge is 0.290 e. The summed E-state index contributed by atoms with van der Waals surface area (Å²) in [5, 5.41) is -0.0258. The molecule has 4 unspecified atom stereocenters. The van der Waals surface area contributed by atoms with Gasteiger partial charge < -0.3 is 19.1 Å². The van der Waals surface area contributed by atoms with Crippen LogP contribution < -0.4 is 4.74 Å². The van der Waals surface area contributed by atoms with Gasteiger partial charge in [0.15, 0.2) is 11.5 Å². The molecule has 7 nitrogen and oxygen atoms in total. The van der Waals surface area contributed by atoms with Crippen LogP contribution in [0.1, 0.15) is 37.3 Å². The number of ether oxygens (including phenoxy) is 3. The molecule has 3 aliphatic heterocycles. The van der Waals surface area contributed by atoms with E-state index >= 15 is 0 Å². The van der Waals surface area contributed by atoms with Gasteiger partial charge in [-0.25, -0.2) is 0 Å². The molecular formula is C25H31ClN2O5. The van der Waals surface area contributed by atoms with Gasteiger partial charge in [-0.2, -0.15) is 0 Å². The van der Waals surface area contributed by atoms with Crippen molar-refractivity contribution in [3.8, 4) is 5.75 Å². The maximum Gasteiger partial charge on any atom is 0.290 e. The summed E-state index contributed by atoms with van der Waals surface area (Å²) in [5.41, 5.74) is 1.40. The SMILES string of the molecule is COc1ccc(C2C3=C(OC4CCC(Cl)CC4C3=O)C(=O)N2CCCN2CCOCC2)cc1. The molecule has 1 aromatic carbocycles. The Morgan fingerprint density at radius 2 is 1.85 bits per heavy atom. The van der Waals surface area contributed by atoms with E-state index in [4.69, 9.17) is 25.8 Å². The minimum Gasteiger partial charge on any atom is -0.497 e. The second-order valence-corrected chi connectivity index (χ2v) is 9.88. The Bertz CT molecular complexity index is 927. The number of hydrogen-bond acceptors (Lipinski definition) is 6. The molecule has 8 heteroatoms. The number of ketones is 1. The zero-order chi connectivity index (χ0) is 22.9. The topological polar surface area (TPSA) is 68.3 Å². The summed E-state index contributed by atoms with van der Waals surface area (Å²) in [5.74, 6) is 0.562. The van der Waals surface area contributed by atoms with E-state index in [1.54, 1.807) is 7.11 Å². The number of amides is 1. The van der Waals surface area contributed by atoms with Crippen LogP contribution in [0.5, 0.6) is 5.75 Å². The molecule has 1 amide bonds. The fraction of sp³-hybridized carbons (Fsp3) is 0.600. The summed E-state index contributed by atoms with van der Waals surface area (Å²) in [4.78, 5) is 31.4. The summed E-state index contributed by atoms with van der Waals surface area (Å²) < 4.78 is 17.0. The van der Waals surface area contributed by atoms with E-state index in [-0.39, 0.29) is 34.8 Å². The van der Waals surface area contributed by atoms with Gasteiger partial charge in [0.05, 0.1) is 37.9 Å². The number of methoxy groups -OCH3 is 1. The molecule has 3 heterocycles. The normalized spacial score (nSPS) is 30.2. The van der Waals surface area contributed by atoms with Crippen LogP contribution in [-0.2, 0) is 19.1 Å². The van der Waals surface area contributed by atoms with Crippen molar-refractivity contribution in [3.63, 3.8) is 0 Å². The standard InChI is InChI=1S/C25H31ClN2O5/c1-31-18-6-3-16(4-7-18)22-21-23(29)19-15-17(26)5-8-20(19)33-24(21)25(30)28(22)10-2-9-27-11-13-32-14-12-27/h3-4,6-7,17,19-20,22H,2,5,8-15H2,1H3. The maximum atomic E-state index is 13.7. The fourth-order valence-electron chi connectivity index (χ4n) is 5.52. The van der Waals surface area contributed by atoms with Crippen LogP contribution in [0.2, 0.25) is 0 Å². The van der Waals surface area contributed by atoms with Crippen LogP contribution >= 0.6 is 11.6 Å². The second-order valence-electron chi connectivity index (χ2n) is 9.26. The Labute approximate surface area is 199 Å². The third kappa shape index (κ3) is 4.38. The average Bonchev–Trinajstić information content (AvgIpc) is 3.12. The Morgan fingerprint density at radius 1 is 1.09 bits per heavy atom. The zero-order valence-electron chi connectivity index (χ0n) is 19.0. The van der Waals surface area contributed by atoms with Crippen molar-refractivity contribution in [2.45, 2.75) is 43.2 Å². The van der Waals surface area contributed by atoms with Crippen molar-refractivity contribution in [3.05, 3.63) is 41.2 Å². The number of rotatable bonds is 6. The van der Waals surface area contributed by atoms with Gasteiger partial charge in [-0.3, -0.25) is 14.5 Å². The molecule has 0 bridgehead atoms. The Morgan fingerprint density at radius 3 is 2.58 bits per heavy atom. The number of alkyl halides is 1. The molecule has 1 saturated carbocycles. The number of fused-ring (bicyclic) bond motifs is 1. The first-order chi connectivity index (χ1) is 16.1. The van der Waals surface area contributed by atoms with E-state index in [1.165, 1.54) is 0 Å². The van der Waals surface area contributed by atoms with Crippen molar-refractivity contribution in [2.75, 3.05) is 46.5 Å². The predicted octanol–water partition coefficient (Wildman–Crippen LogP) is 2.93. The Hall–Kier alpha value is -2.09. The number of carbonyl (C=O) groups is 2. The summed E-state index contributed by atoms with van der Waals surface area (Å²) in [7, 11) is 1.62. The number of benzene rings is 1. The largest absolute Gasteiger partial charge is 0.497 e. The van der Waals surface area contributed by atoms with Gasteiger partial charge in [0, 0.05) is 31.6 Å². The molecule has 4 atom stereocenters. The van der Waals surface area contributed by atoms with E-state index in [1.807, 2.05) is 29.2 Å². The quantitative estimate of drug-likeness (QED) is 0.590. The highest BCUT2D eigenvalue weighted by Crippen LogP contribution is 2.47. The first-order valence-electron chi connectivity index (χ1n) is 11.9. The lowest BCUT2D eigenvalue weighted by Crippen LogP contribution is -2.41. The minimum atomic E-state index is -0.438. The van der Waals surface area contributed by atoms with E-state index in [0.29, 0.717) is 25.0 Å². The monoisotopic (exact) mass is 474 g/mol. The number of morpholine rings is 1. The van der Waals surface area contributed by atoms with Crippen LogP contribution in [0.4, 0.5) is 0 Å². The van der Waals surface area contributed by atoms with Gasteiger partial charge in [0.1, 0.15) is 11.9 Å². The minimum absolute atomic E-state index is 0.0245. The van der Waals surface area contributed by atoms with Crippen LogP contribution in [0, 0.1) is 5.92 Å². The Balaban J connectivity index is 1.42. The van der Waals surface area contributed by atoms with Crippen LogP contribution in [0.15, 0.2) is 35.6 Å². The van der Waals surface area contributed by atoms with Gasteiger partial charge in [-0.1, -0.05) is 12.1 Å². The van der Waals surface area contributed by atoms with E-state index < -0.39 is 6.04 Å². The highest BCUT2D eigenvalue weighted by Gasteiger charge is 2.52. The molecule has 0 aromatic heterocycles. The molecule has 4 aliphatic rings. The first kappa shape index (κ1) is 22.7. The lowest BCUT2D eigenvalue weighted by Gasteiger charge is -2.37. The summed E-state index contributed by atoms with van der Waals surface area (Å²) in [6.45, 7) is 4.77. The molecule has 1 saturated heterocycles. The van der Waals surface area contributed by atoms with Gasteiger partial charge in [0.25, 0.3) is 5.91 Å². The summed E-state index contributed by atoms with van der Waals surface area (Å²) >= 11 is 6.40. The molecule has 0 N–H and O–H groups in total. The molecule has 0 radical (unpaired) electrons. The number of hydrogen-bond donors (Lipinski definition) is 0. The number of nitrogens with zero attached hydrogens (tertiary/aromatic N) is 2. The molecule has 5 rings (SSSR count). The Kier molecular flexibility index (Phi) is 6.63. The van der Waals surface area contributed by atoms with Gasteiger partial charge >= 0.3 is 0 Å². The third-order valence-corrected chi connectivity index (χ3v) is 7.68. The number of Topliss-reactive ketones (excluding diaryl/α,β-unsaturated/α-hetero) is 1. The highest BCUT2D eigenvalue weighted by atomic mass is 35.5. The second kappa shape index (κ2) is 9.65.